The van der Waals surface area contributed by atoms with E-state index in [1.165, 1.54) is 4.90 Å². The normalized spacial score (nSPS) is 20.5. The number of benzene rings is 1. The second-order valence-electron chi connectivity index (χ2n) is 5.17. The van der Waals surface area contributed by atoms with Crippen LogP contribution in [0.5, 0.6) is 5.75 Å². The van der Waals surface area contributed by atoms with E-state index in [9.17, 15) is 13.2 Å². The van der Waals surface area contributed by atoms with Gasteiger partial charge in [-0.05, 0) is 19.1 Å². The lowest BCUT2D eigenvalue weighted by molar-refractivity contribution is 0.182. The van der Waals surface area contributed by atoms with E-state index in [1.807, 2.05) is 12.1 Å². The zero-order valence-electron chi connectivity index (χ0n) is 12.3. The Bertz CT molecular complexity index is 635. The van der Waals surface area contributed by atoms with Crippen LogP contribution in [0.4, 0.5) is 4.79 Å². The molecule has 1 fully saturated rings. The molecule has 6 nitrogen and oxygen atoms in total. The molecule has 0 saturated carbocycles. The number of halogens is 1. The minimum Gasteiger partial charge on any atom is -0.490 e. The molecule has 1 N–H and O–H groups in total. The van der Waals surface area contributed by atoms with Crippen LogP contribution < -0.4 is 10.1 Å². The van der Waals surface area contributed by atoms with Gasteiger partial charge in [-0.3, -0.25) is 0 Å². The van der Waals surface area contributed by atoms with Gasteiger partial charge in [-0.15, -0.1) is 0 Å². The molecule has 1 aromatic rings. The number of amides is 2. The number of nitrogens with one attached hydrogen (secondary N) is 1. The van der Waals surface area contributed by atoms with Gasteiger partial charge >= 0.3 is 6.03 Å². The van der Waals surface area contributed by atoms with E-state index in [2.05, 4.69) is 5.32 Å². The van der Waals surface area contributed by atoms with Crippen molar-refractivity contribution in [3.8, 4) is 5.75 Å². The number of sulfone groups is 1. The maximum Gasteiger partial charge on any atom is 0.317 e. The minimum atomic E-state index is -3.03. The van der Waals surface area contributed by atoms with Crippen LogP contribution in [0.2, 0.25) is 5.02 Å². The molecule has 2 amide bonds. The van der Waals surface area contributed by atoms with E-state index in [-0.39, 0.29) is 36.7 Å². The second-order valence-corrected chi connectivity index (χ2v) is 7.80. The fraction of sp³-hybridized carbons (Fsp3) is 0.500. The van der Waals surface area contributed by atoms with Gasteiger partial charge in [0.25, 0.3) is 0 Å². The Morgan fingerprint density at radius 1 is 1.45 bits per heavy atom. The van der Waals surface area contributed by atoms with Gasteiger partial charge in [-0.25, -0.2) is 13.2 Å². The Morgan fingerprint density at radius 2 is 2.18 bits per heavy atom. The fourth-order valence-corrected chi connectivity index (χ4v) is 4.03. The lowest BCUT2D eigenvalue weighted by Gasteiger charge is -2.33. The molecule has 1 aliphatic heterocycles. The van der Waals surface area contributed by atoms with E-state index >= 15 is 0 Å². The van der Waals surface area contributed by atoms with E-state index in [0.29, 0.717) is 17.3 Å². The number of hydrogen-bond acceptors (Lipinski definition) is 4. The molecule has 1 unspecified atom stereocenters. The summed E-state index contributed by atoms with van der Waals surface area (Å²) in [6.07, 6.45) is 0. The molecule has 1 atom stereocenters. The molecule has 0 aromatic heterocycles. The third-order valence-electron chi connectivity index (χ3n) is 3.40. The van der Waals surface area contributed by atoms with Crippen molar-refractivity contribution in [3.05, 3.63) is 29.3 Å². The standard InChI is InChI=1S/C14H19ClN2O4S/c1-11-10-22(19,20)9-7-17(11)14(18)16-6-8-21-13-5-3-2-4-12(13)15/h2-5,11H,6-10H2,1H3,(H,16,18). The first kappa shape index (κ1) is 16.9. The molecule has 122 valence electrons. The summed E-state index contributed by atoms with van der Waals surface area (Å²) < 4.78 is 28.4. The second kappa shape index (κ2) is 7.19. The molecular formula is C14H19ClN2O4S. The molecule has 8 heteroatoms. The molecule has 1 aliphatic rings. The van der Waals surface area contributed by atoms with Crippen LogP contribution in [-0.4, -0.2) is 56.6 Å². The third kappa shape index (κ3) is 4.51. The van der Waals surface area contributed by atoms with Crippen molar-refractivity contribution in [2.24, 2.45) is 0 Å². The topological polar surface area (TPSA) is 75.7 Å². The van der Waals surface area contributed by atoms with Crippen molar-refractivity contribution in [2.45, 2.75) is 13.0 Å². The van der Waals surface area contributed by atoms with Crippen LogP contribution in [0.1, 0.15) is 6.92 Å². The number of hydrogen-bond donors (Lipinski definition) is 1. The summed E-state index contributed by atoms with van der Waals surface area (Å²) in [5, 5.41) is 3.24. The maximum atomic E-state index is 12.0. The van der Waals surface area contributed by atoms with Gasteiger partial charge in [0.15, 0.2) is 9.84 Å². The highest BCUT2D eigenvalue weighted by Gasteiger charge is 2.30. The first-order valence-electron chi connectivity index (χ1n) is 7.01. The van der Waals surface area contributed by atoms with Crippen LogP contribution in [0.25, 0.3) is 0 Å². The van der Waals surface area contributed by atoms with Gasteiger partial charge < -0.3 is 15.0 Å². The van der Waals surface area contributed by atoms with Crippen molar-refractivity contribution in [1.82, 2.24) is 10.2 Å². The summed E-state index contributed by atoms with van der Waals surface area (Å²) in [5.74, 6) is 0.591. The number of ether oxygens (including phenoxy) is 1. The number of urea groups is 1. The summed E-state index contributed by atoms with van der Waals surface area (Å²) in [5.41, 5.74) is 0. The molecule has 0 spiro atoms. The average molecular weight is 347 g/mol. The molecule has 2 rings (SSSR count). The van der Waals surface area contributed by atoms with Gasteiger partial charge in [0.1, 0.15) is 12.4 Å². The van der Waals surface area contributed by atoms with Crippen molar-refractivity contribution < 1.29 is 17.9 Å². The number of rotatable bonds is 4. The lowest BCUT2D eigenvalue weighted by Crippen LogP contribution is -2.53. The monoisotopic (exact) mass is 346 g/mol. The van der Waals surface area contributed by atoms with E-state index < -0.39 is 9.84 Å². The molecule has 0 radical (unpaired) electrons. The fourth-order valence-electron chi connectivity index (χ4n) is 2.28. The van der Waals surface area contributed by atoms with Crippen LogP contribution >= 0.6 is 11.6 Å². The van der Waals surface area contributed by atoms with Crippen LogP contribution in [0.15, 0.2) is 24.3 Å². The average Bonchev–Trinajstić information content (AvgIpc) is 2.44. The Morgan fingerprint density at radius 3 is 2.86 bits per heavy atom. The van der Waals surface area contributed by atoms with Gasteiger partial charge in [-0.2, -0.15) is 0 Å². The Labute approximate surface area is 135 Å². The Balaban J connectivity index is 1.75. The summed E-state index contributed by atoms with van der Waals surface area (Å²) in [6, 6.07) is 6.51. The number of carbonyl (C=O) groups is 1. The molecular weight excluding hydrogens is 328 g/mol. The summed E-state index contributed by atoms with van der Waals surface area (Å²) in [6.45, 7) is 2.56. The minimum absolute atomic E-state index is 0.0105. The van der Waals surface area contributed by atoms with Gasteiger partial charge in [0.2, 0.25) is 0 Å². The largest absolute Gasteiger partial charge is 0.490 e. The summed E-state index contributed by atoms with van der Waals surface area (Å²) >= 11 is 5.96. The van der Waals surface area contributed by atoms with E-state index in [1.54, 1.807) is 19.1 Å². The predicted molar refractivity (Wildman–Crippen MR) is 85.2 cm³/mol. The van der Waals surface area contributed by atoms with E-state index in [0.717, 1.165) is 0 Å². The van der Waals surface area contributed by atoms with Gasteiger partial charge in [0.05, 0.1) is 23.1 Å². The quantitative estimate of drug-likeness (QED) is 0.839. The first-order chi connectivity index (χ1) is 10.4. The number of nitrogens with zero attached hydrogens (tertiary/aromatic N) is 1. The SMILES string of the molecule is CC1CS(=O)(=O)CCN1C(=O)NCCOc1ccccc1Cl. The van der Waals surface area contributed by atoms with Crippen molar-refractivity contribution >= 4 is 27.5 Å². The first-order valence-corrected chi connectivity index (χ1v) is 9.21. The Hall–Kier alpha value is -1.47. The zero-order valence-corrected chi connectivity index (χ0v) is 13.9. The Kier molecular flexibility index (Phi) is 5.52. The zero-order chi connectivity index (χ0) is 16.2. The van der Waals surface area contributed by atoms with Crippen LogP contribution in [0, 0.1) is 0 Å². The van der Waals surface area contributed by atoms with Gasteiger partial charge in [0, 0.05) is 12.6 Å². The molecule has 1 heterocycles. The molecule has 1 saturated heterocycles. The molecule has 22 heavy (non-hydrogen) atoms. The van der Waals surface area contributed by atoms with Gasteiger partial charge in [-0.1, -0.05) is 23.7 Å². The van der Waals surface area contributed by atoms with Crippen molar-refractivity contribution in [1.29, 1.82) is 0 Å². The predicted octanol–water partition coefficient (Wildman–Crippen LogP) is 1.55. The summed E-state index contributed by atoms with van der Waals surface area (Å²) in [4.78, 5) is 13.6. The van der Waals surface area contributed by atoms with Crippen molar-refractivity contribution in [2.75, 3.05) is 31.2 Å². The summed E-state index contributed by atoms with van der Waals surface area (Å²) in [7, 11) is -3.03. The lowest BCUT2D eigenvalue weighted by atomic mass is 10.3. The number of carbonyl (C=O) groups excluding carboxylic acids is 1. The molecule has 0 bridgehead atoms. The van der Waals surface area contributed by atoms with Crippen LogP contribution in [0.3, 0.4) is 0 Å². The van der Waals surface area contributed by atoms with E-state index in [4.69, 9.17) is 16.3 Å². The maximum absolute atomic E-state index is 12.0. The number of para-hydroxylation sites is 1. The highest BCUT2D eigenvalue weighted by molar-refractivity contribution is 7.91. The highest BCUT2D eigenvalue weighted by atomic mass is 35.5. The third-order valence-corrected chi connectivity index (χ3v) is 5.51. The highest BCUT2D eigenvalue weighted by Crippen LogP contribution is 2.22. The van der Waals surface area contributed by atoms with Crippen molar-refractivity contribution in [3.63, 3.8) is 0 Å². The molecule has 0 aliphatic carbocycles. The smallest absolute Gasteiger partial charge is 0.317 e. The molecule has 1 aromatic carbocycles. The van der Waals surface area contributed by atoms with Crippen LogP contribution in [-0.2, 0) is 9.84 Å².